The summed E-state index contributed by atoms with van der Waals surface area (Å²) in [7, 11) is 1.67. The molecular formula is C11H13FN2O. The molecule has 15 heavy (non-hydrogen) atoms. The first-order valence-electron chi connectivity index (χ1n) is 4.88. The maximum absolute atomic E-state index is 13.5. The Balaban J connectivity index is 2.61. The van der Waals surface area contributed by atoms with Crippen molar-refractivity contribution in [1.29, 1.82) is 0 Å². The Hall–Kier alpha value is -1.42. The number of hydrogen-bond acceptors (Lipinski definition) is 2. The lowest BCUT2D eigenvalue weighted by atomic mass is 9.91. The number of carbonyl (C=O) groups is 1. The Labute approximate surface area is 87.5 Å². The molecule has 0 saturated carbocycles. The summed E-state index contributed by atoms with van der Waals surface area (Å²) in [5.41, 5.74) is 5.77. The van der Waals surface area contributed by atoms with Crippen LogP contribution in [0.15, 0.2) is 18.2 Å². The number of nitrogens with one attached hydrogen (secondary N) is 1. The minimum absolute atomic E-state index is 0.258. The van der Waals surface area contributed by atoms with Gasteiger partial charge in [-0.3, -0.25) is 4.79 Å². The third-order valence-electron chi connectivity index (χ3n) is 3.18. The summed E-state index contributed by atoms with van der Waals surface area (Å²) in [6.07, 6.45) is 1.07. The normalized spacial score (nSPS) is 23.9. The predicted octanol–water partition coefficient (Wildman–Crippen LogP) is 0.672. The van der Waals surface area contributed by atoms with E-state index < -0.39 is 11.4 Å². The van der Waals surface area contributed by atoms with Gasteiger partial charge in [0.15, 0.2) is 0 Å². The monoisotopic (exact) mass is 208 g/mol. The Kier molecular flexibility index (Phi) is 2.23. The first kappa shape index (κ1) is 10.1. The number of primary amides is 1. The lowest BCUT2D eigenvalue weighted by Crippen LogP contribution is -2.49. The van der Waals surface area contributed by atoms with Crippen molar-refractivity contribution in [3.63, 3.8) is 0 Å². The number of rotatable bonds is 2. The van der Waals surface area contributed by atoms with E-state index in [-0.39, 0.29) is 5.82 Å². The second-order valence-electron chi connectivity index (χ2n) is 3.79. The zero-order chi connectivity index (χ0) is 11.1. The van der Waals surface area contributed by atoms with Crippen molar-refractivity contribution < 1.29 is 9.18 Å². The molecule has 0 bridgehead atoms. The third kappa shape index (κ3) is 1.25. The van der Waals surface area contributed by atoms with Crippen molar-refractivity contribution in [3.05, 3.63) is 35.1 Å². The van der Waals surface area contributed by atoms with Crippen LogP contribution >= 0.6 is 0 Å². The molecule has 1 aromatic carbocycles. The number of halogens is 1. The fraction of sp³-hybridized carbons (Fsp3) is 0.364. The van der Waals surface area contributed by atoms with E-state index in [1.54, 1.807) is 19.2 Å². The van der Waals surface area contributed by atoms with E-state index in [0.717, 1.165) is 0 Å². The van der Waals surface area contributed by atoms with Crippen molar-refractivity contribution in [1.82, 2.24) is 5.32 Å². The van der Waals surface area contributed by atoms with Crippen LogP contribution in [0.3, 0.4) is 0 Å². The van der Waals surface area contributed by atoms with Crippen molar-refractivity contribution in [2.75, 3.05) is 7.05 Å². The summed E-state index contributed by atoms with van der Waals surface area (Å²) in [6.45, 7) is 0. The molecule has 0 aliphatic heterocycles. The van der Waals surface area contributed by atoms with Crippen molar-refractivity contribution in [2.45, 2.75) is 18.4 Å². The first-order chi connectivity index (χ1) is 7.12. The van der Waals surface area contributed by atoms with Crippen molar-refractivity contribution in [3.8, 4) is 0 Å². The van der Waals surface area contributed by atoms with Gasteiger partial charge in [-0.15, -0.1) is 0 Å². The minimum atomic E-state index is -0.891. The molecule has 0 radical (unpaired) electrons. The van der Waals surface area contributed by atoms with Gasteiger partial charge in [0.2, 0.25) is 5.91 Å². The van der Waals surface area contributed by atoms with Gasteiger partial charge in [-0.05, 0) is 37.1 Å². The van der Waals surface area contributed by atoms with Crippen LogP contribution in [-0.2, 0) is 16.8 Å². The average Bonchev–Trinajstić information content (AvgIpc) is 2.59. The van der Waals surface area contributed by atoms with Crippen LogP contribution in [0.25, 0.3) is 0 Å². The quantitative estimate of drug-likeness (QED) is 0.750. The molecule has 1 aliphatic carbocycles. The molecule has 80 valence electrons. The lowest BCUT2D eigenvalue weighted by molar-refractivity contribution is -0.124. The molecule has 4 heteroatoms. The summed E-state index contributed by atoms with van der Waals surface area (Å²) in [6, 6.07) is 4.77. The van der Waals surface area contributed by atoms with Gasteiger partial charge in [0, 0.05) is 0 Å². The summed E-state index contributed by atoms with van der Waals surface area (Å²) < 4.78 is 13.5. The fourth-order valence-corrected chi connectivity index (χ4v) is 2.30. The summed E-state index contributed by atoms with van der Waals surface area (Å²) in [4.78, 5) is 11.5. The van der Waals surface area contributed by atoms with Crippen LogP contribution in [0, 0.1) is 5.82 Å². The van der Waals surface area contributed by atoms with E-state index in [1.807, 2.05) is 0 Å². The molecule has 0 heterocycles. The van der Waals surface area contributed by atoms with Crippen molar-refractivity contribution in [2.24, 2.45) is 5.73 Å². The van der Waals surface area contributed by atoms with Gasteiger partial charge in [0.05, 0.1) is 0 Å². The summed E-state index contributed by atoms with van der Waals surface area (Å²) in [5, 5.41) is 2.92. The van der Waals surface area contributed by atoms with Crippen molar-refractivity contribution >= 4 is 5.91 Å². The maximum atomic E-state index is 13.5. The second kappa shape index (κ2) is 3.31. The zero-order valence-electron chi connectivity index (χ0n) is 8.51. The van der Waals surface area contributed by atoms with E-state index in [9.17, 15) is 9.18 Å². The fourth-order valence-electron chi connectivity index (χ4n) is 2.30. The molecule has 1 aromatic rings. The van der Waals surface area contributed by atoms with Crippen LogP contribution in [0.2, 0.25) is 0 Å². The van der Waals surface area contributed by atoms with Gasteiger partial charge in [-0.2, -0.15) is 0 Å². The van der Waals surface area contributed by atoms with Crippen LogP contribution in [-0.4, -0.2) is 13.0 Å². The van der Waals surface area contributed by atoms with Gasteiger partial charge >= 0.3 is 0 Å². The topological polar surface area (TPSA) is 55.1 Å². The van der Waals surface area contributed by atoms with Gasteiger partial charge in [-0.1, -0.05) is 12.1 Å². The highest BCUT2D eigenvalue weighted by Gasteiger charge is 2.43. The zero-order valence-corrected chi connectivity index (χ0v) is 8.51. The molecule has 1 aliphatic rings. The standard InChI is InChI=1S/C11H13FN2O/c1-14-11(10(13)15)6-5-7-8(11)3-2-4-9(7)12/h2-4,14H,5-6H2,1H3,(H2,13,15). The van der Waals surface area contributed by atoms with Gasteiger partial charge in [0.1, 0.15) is 11.4 Å². The molecule has 3 nitrogen and oxygen atoms in total. The molecule has 3 N–H and O–H groups in total. The predicted molar refractivity (Wildman–Crippen MR) is 54.7 cm³/mol. The van der Waals surface area contributed by atoms with Crippen LogP contribution in [0.4, 0.5) is 4.39 Å². The molecule has 0 aromatic heterocycles. The third-order valence-corrected chi connectivity index (χ3v) is 3.18. The number of amides is 1. The maximum Gasteiger partial charge on any atom is 0.242 e. The molecular weight excluding hydrogens is 195 g/mol. The highest BCUT2D eigenvalue weighted by Crippen LogP contribution is 2.37. The molecule has 0 spiro atoms. The Morgan fingerprint density at radius 1 is 1.60 bits per heavy atom. The number of nitrogens with two attached hydrogens (primary N) is 1. The Morgan fingerprint density at radius 2 is 2.33 bits per heavy atom. The smallest absolute Gasteiger partial charge is 0.242 e. The number of benzene rings is 1. The van der Waals surface area contributed by atoms with E-state index in [1.165, 1.54) is 6.07 Å². The Morgan fingerprint density at radius 3 is 2.93 bits per heavy atom. The largest absolute Gasteiger partial charge is 0.368 e. The molecule has 0 fully saturated rings. The lowest BCUT2D eigenvalue weighted by Gasteiger charge is -2.26. The average molecular weight is 208 g/mol. The molecule has 1 amide bonds. The van der Waals surface area contributed by atoms with Crippen LogP contribution in [0.5, 0.6) is 0 Å². The highest BCUT2D eigenvalue weighted by atomic mass is 19.1. The Bertz CT molecular complexity index is 419. The molecule has 1 unspecified atom stereocenters. The molecule has 1 atom stereocenters. The number of carbonyl (C=O) groups excluding carboxylic acids is 1. The van der Waals surface area contributed by atoms with E-state index in [4.69, 9.17) is 5.73 Å². The van der Waals surface area contributed by atoms with Crippen LogP contribution < -0.4 is 11.1 Å². The highest BCUT2D eigenvalue weighted by molar-refractivity contribution is 5.87. The summed E-state index contributed by atoms with van der Waals surface area (Å²) >= 11 is 0. The van der Waals surface area contributed by atoms with E-state index >= 15 is 0 Å². The minimum Gasteiger partial charge on any atom is -0.368 e. The van der Waals surface area contributed by atoms with E-state index in [2.05, 4.69) is 5.32 Å². The van der Waals surface area contributed by atoms with E-state index in [0.29, 0.717) is 24.0 Å². The molecule has 2 rings (SSSR count). The SMILES string of the molecule is CNC1(C(N)=O)CCc2c(F)cccc21. The number of fused-ring (bicyclic) bond motifs is 1. The second-order valence-corrected chi connectivity index (χ2v) is 3.79. The number of likely N-dealkylation sites (N-methyl/N-ethyl adjacent to an activating group) is 1. The van der Waals surface area contributed by atoms with Gasteiger partial charge in [0.25, 0.3) is 0 Å². The first-order valence-corrected chi connectivity index (χ1v) is 4.88. The molecule has 0 saturated heterocycles. The van der Waals surface area contributed by atoms with Gasteiger partial charge < -0.3 is 11.1 Å². The number of hydrogen-bond donors (Lipinski definition) is 2. The van der Waals surface area contributed by atoms with Gasteiger partial charge in [-0.25, -0.2) is 4.39 Å². The van der Waals surface area contributed by atoms with Crippen LogP contribution in [0.1, 0.15) is 17.5 Å². The summed E-state index contributed by atoms with van der Waals surface area (Å²) in [5.74, 6) is -0.708.